The van der Waals surface area contributed by atoms with E-state index in [1.54, 1.807) is 18.2 Å². The summed E-state index contributed by atoms with van der Waals surface area (Å²) >= 11 is 1.19. The largest absolute Gasteiger partial charge is 0.481 e. The number of alkyl halides is 3. The maximum Gasteiger partial charge on any atom is 0.417 e. The second-order valence-electron chi connectivity index (χ2n) is 7.96. The number of allylic oxidation sites excluding steroid dienone is 2. The molecule has 4 atom stereocenters. The molecular weight excluding hydrogens is 459 g/mol. The van der Waals surface area contributed by atoms with Gasteiger partial charge in [-0.3, -0.25) is 9.59 Å². The highest BCUT2D eigenvalue weighted by molar-refractivity contribution is 7.22. The minimum atomic E-state index is -4.48. The third-order valence-corrected chi connectivity index (χ3v) is 6.86. The summed E-state index contributed by atoms with van der Waals surface area (Å²) in [5.74, 6) is -2.61. The van der Waals surface area contributed by atoms with Crippen LogP contribution in [-0.4, -0.2) is 27.0 Å². The van der Waals surface area contributed by atoms with Gasteiger partial charge in [0.2, 0.25) is 11.8 Å². The average Bonchev–Trinajstić information content (AvgIpc) is 3.47. The van der Waals surface area contributed by atoms with Crippen LogP contribution in [0.25, 0.3) is 10.2 Å². The summed E-state index contributed by atoms with van der Waals surface area (Å²) in [5, 5.41) is 12.6. The van der Waals surface area contributed by atoms with E-state index in [0.717, 1.165) is 12.1 Å². The van der Waals surface area contributed by atoms with Crippen LogP contribution >= 0.6 is 11.3 Å². The molecule has 2 aromatic heterocycles. The van der Waals surface area contributed by atoms with Gasteiger partial charge in [0.1, 0.15) is 5.75 Å². The molecule has 1 amide bonds. The number of nitrogens with zero attached hydrogens (tertiary/aromatic N) is 2. The lowest BCUT2D eigenvalue weighted by Crippen LogP contribution is -2.36. The Morgan fingerprint density at radius 3 is 2.55 bits per heavy atom. The van der Waals surface area contributed by atoms with E-state index in [0.29, 0.717) is 33.7 Å². The molecule has 0 aliphatic heterocycles. The summed E-state index contributed by atoms with van der Waals surface area (Å²) in [5.41, 5.74) is -0.282. The first kappa shape index (κ1) is 21.4. The number of carboxylic acids is 1. The molecular formula is C22H16F3N3O4S. The van der Waals surface area contributed by atoms with Crippen LogP contribution in [0.4, 0.5) is 18.3 Å². The number of nitrogens with one attached hydrogen (secondary N) is 1. The topological polar surface area (TPSA) is 101 Å². The summed E-state index contributed by atoms with van der Waals surface area (Å²) < 4.78 is 44.2. The Bertz CT molecular complexity index is 1270. The van der Waals surface area contributed by atoms with Gasteiger partial charge >= 0.3 is 12.1 Å². The first-order valence-electron chi connectivity index (χ1n) is 10.0. The van der Waals surface area contributed by atoms with Crippen molar-refractivity contribution in [3.8, 4) is 11.6 Å². The van der Waals surface area contributed by atoms with Crippen LogP contribution in [0, 0.1) is 23.7 Å². The Kier molecular flexibility index (Phi) is 5.08. The Balaban J connectivity index is 1.31. The van der Waals surface area contributed by atoms with Crippen LogP contribution < -0.4 is 10.1 Å². The number of benzene rings is 1. The molecule has 2 heterocycles. The number of aromatic nitrogens is 2. The lowest BCUT2D eigenvalue weighted by atomic mass is 9.82. The number of hydrogen-bond donors (Lipinski definition) is 2. The molecule has 7 nitrogen and oxygen atoms in total. The minimum absolute atomic E-state index is 0.00412. The predicted octanol–water partition coefficient (Wildman–Crippen LogP) is 4.96. The lowest BCUT2D eigenvalue weighted by molar-refractivity contribution is -0.146. The number of anilines is 1. The second kappa shape index (κ2) is 7.84. The summed E-state index contributed by atoms with van der Waals surface area (Å²) in [4.78, 5) is 32.6. The maximum absolute atomic E-state index is 12.8. The standard InChI is InChI=1S/C22H16F3N3O4S/c23-22(24,25)12-3-6-16(26-9-12)32-13-4-5-14-15(8-13)33-21(27-14)28-19(29)17-10-1-2-11(7-10)18(17)20(30)31/h1-6,8-11,17-18H,7H2,(H,30,31)(H,27,28,29)/t10?,11?,17-,18+/m1/s1. The molecule has 3 aromatic rings. The normalized spacial score (nSPS) is 23.7. The van der Waals surface area contributed by atoms with E-state index < -0.39 is 29.5 Å². The third-order valence-electron chi connectivity index (χ3n) is 5.92. The summed E-state index contributed by atoms with van der Waals surface area (Å²) in [6.07, 6.45) is 0.660. The number of amides is 1. The molecule has 11 heteroatoms. The number of carbonyl (C=O) groups excluding carboxylic acids is 1. The van der Waals surface area contributed by atoms with Crippen molar-refractivity contribution >= 4 is 38.6 Å². The quantitative estimate of drug-likeness (QED) is 0.506. The number of aliphatic carboxylic acids is 1. The number of rotatable bonds is 5. The Morgan fingerprint density at radius 1 is 1.12 bits per heavy atom. The van der Waals surface area contributed by atoms with E-state index >= 15 is 0 Å². The number of carboxylic acid groups (broad SMARTS) is 1. The van der Waals surface area contributed by atoms with E-state index in [1.807, 2.05) is 12.2 Å². The molecule has 1 saturated carbocycles. The molecule has 2 unspecified atom stereocenters. The smallest absolute Gasteiger partial charge is 0.417 e. The number of thiazole rings is 1. The molecule has 0 spiro atoms. The minimum Gasteiger partial charge on any atom is -0.481 e. The van der Waals surface area contributed by atoms with Crippen LogP contribution in [0.1, 0.15) is 12.0 Å². The zero-order chi connectivity index (χ0) is 23.3. The molecule has 2 N–H and O–H groups in total. The van der Waals surface area contributed by atoms with E-state index in [-0.39, 0.29) is 23.6 Å². The number of carbonyl (C=O) groups is 2. The first-order valence-corrected chi connectivity index (χ1v) is 10.8. The molecule has 2 bridgehead atoms. The predicted molar refractivity (Wildman–Crippen MR) is 113 cm³/mol. The lowest BCUT2D eigenvalue weighted by Gasteiger charge is -2.23. The van der Waals surface area contributed by atoms with Crippen LogP contribution in [0.2, 0.25) is 0 Å². The van der Waals surface area contributed by atoms with Crippen molar-refractivity contribution in [2.75, 3.05) is 5.32 Å². The number of ether oxygens (including phenoxy) is 1. The molecule has 1 fully saturated rings. The fraction of sp³-hybridized carbons (Fsp3) is 0.273. The van der Waals surface area contributed by atoms with Crippen molar-refractivity contribution in [3.63, 3.8) is 0 Å². The SMILES string of the molecule is O=C(Nc1nc2ccc(Oc3ccc(C(F)(F)F)cn3)cc2s1)[C@@H]1C2C=CC(C2)[C@@H]1C(=O)O. The van der Waals surface area contributed by atoms with Crippen molar-refractivity contribution < 1.29 is 32.6 Å². The van der Waals surface area contributed by atoms with Gasteiger partial charge < -0.3 is 15.2 Å². The van der Waals surface area contributed by atoms with Gasteiger partial charge in [-0.2, -0.15) is 13.2 Å². The molecule has 1 aromatic carbocycles. The van der Waals surface area contributed by atoms with Crippen molar-refractivity contribution in [2.45, 2.75) is 12.6 Å². The van der Waals surface area contributed by atoms with Gasteiger partial charge in [-0.05, 0) is 36.5 Å². The van der Waals surface area contributed by atoms with Gasteiger partial charge in [0.05, 0.1) is 27.6 Å². The van der Waals surface area contributed by atoms with Crippen molar-refractivity contribution in [2.24, 2.45) is 23.7 Å². The van der Waals surface area contributed by atoms with Gasteiger partial charge in [0.25, 0.3) is 0 Å². The van der Waals surface area contributed by atoms with Crippen LogP contribution in [0.5, 0.6) is 11.6 Å². The fourth-order valence-electron chi connectivity index (χ4n) is 4.46. The molecule has 0 radical (unpaired) electrons. The zero-order valence-electron chi connectivity index (χ0n) is 16.7. The number of halogens is 3. The fourth-order valence-corrected chi connectivity index (χ4v) is 5.35. The van der Waals surface area contributed by atoms with E-state index in [2.05, 4.69) is 15.3 Å². The van der Waals surface area contributed by atoms with Crippen LogP contribution in [0.15, 0.2) is 48.7 Å². The van der Waals surface area contributed by atoms with Gasteiger partial charge in [-0.25, -0.2) is 9.97 Å². The summed E-state index contributed by atoms with van der Waals surface area (Å²) in [6.45, 7) is 0. The van der Waals surface area contributed by atoms with Crippen LogP contribution in [-0.2, 0) is 15.8 Å². The number of fused-ring (bicyclic) bond motifs is 3. The highest BCUT2D eigenvalue weighted by atomic mass is 32.1. The van der Waals surface area contributed by atoms with E-state index in [1.165, 1.54) is 11.3 Å². The molecule has 2 aliphatic rings. The highest BCUT2D eigenvalue weighted by Crippen LogP contribution is 2.48. The molecule has 170 valence electrons. The maximum atomic E-state index is 12.8. The van der Waals surface area contributed by atoms with Gasteiger partial charge in [0, 0.05) is 18.3 Å². The van der Waals surface area contributed by atoms with Gasteiger partial charge in [-0.1, -0.05) is 23.5 Å². The second-order valence-corrected chi connectivity index (χ2v) is 8.99. The van der Waals surface area contributed by atoms with Crippen molar-refractivity contribution in [3.05, 3.63) is 54.2 Å². The Labute approximate surface area is 188 Å². The molecule has 33 heavy (non-hydrogen) atoms. The highest BCUT2D eigenvalue weighted by Gasteiger charge is 2.51. The Hall–Kier alpha value is -3.47. The van der Waals surface area contributed by atoms with Crippen molar-refractivity contribution in [1.82, 2.24) is 9.97 Å². The van der Waals surface area contributed by atoms with E-state index in [4.69, 9.17) is 4.74 Å². The molecule has 5 rings (SSSR count). The molecule has 2 aliphatic carbocycles. The first-order chi connectivity index (χ1) is 15.7. The Morgan fingerprint density at radius 2 is 1.88 bits per heavy atom. The van der Waals surface area contributed by atoms with Gasteiger partial charge in [-0.15, -0.1) is 0 Å². The van der Waals surface area contributed by atoms with Crippen molar-refractivity contribution in [1.29, 1.82) is 0 Å². The average molecular weight is 475 g/mol. The zero-order valence-corrected chi connectivity index (χ0v) is 17.6. The summed E-state index contributed by atoms with van der Waals surface area (Å²) in [7, 11) is 0. The monoisotopic (exact) mass is 475 g/mol. The third kappa shape index (κ3) is 4.04. The number of hydrogen-bond acceptors (Lipinski definition) is 6. The summed E-state index contributed by atoms with van der Waals surface area (Å²) in [6, 6.07) is 6.90. The van der Waals surface area contributed by atoms with E-state index in [9.17, 15) is 27.9 Å². The van der Waals surface area contributed by atoms with Crippen LogP contribution in [0.3, 0.4) is 0 Å². The molecule has 0 saturated heterocycles. The van der Waals surface area contributed by atoms with Gasteiger partial charge in [0.15, 0.2) is 5.13 Å². The number of pyridine rings is 1.